The number of aromatic amines is 2. The Labute approximate surface area is 726 Å². The number of fused-ring (bicyclic) bond motifs is 4. The van der Waals surface area contributed by atoms with Gasteiger partial charge in [0.05, 0.1) is 86.2 Å². The number of allylic oxidation sites excluding steroid dienone is 1. The summed E-state index contributed by atoms with van der Waals surface area (Å²) in [6.07, 6.45) is 14.6. The van der Waals surface area contributed by atoms with E-state index in [1.165, 1.54) is 129 Å². The number of aryl methyl sites for hydroxylation is 2. The van der Waals surface area contributed by atoms with Crippen molar-refractivity contribution in [2.45, 2.75) is 27.7 Å². The van der Waals surface area contributed by atoms with Gasteiger partial charge >= 0.3 is 89.1 Å². The van der Waals surface area contributed by atoms with Crippen LogP contribution >= 0.6 is 31.9 Å². The number of Topliss-reactive ketones (excluding diaryl/α,β-unsaturated/α-hetero) is 4. The summed E-state index contributed by atoms with van der Waals surface area (Å²) in [6, 6.07) is 9.01. The maximum Gasteiger partial charge on any atom is 1.00 e. The van der Waals surface area contributed by atoms with Gasteiger partial charge in [-0.05, 0) is 57.8 Å². The summed E-state index contributed by atoms with van der Waals surface area (Å²) in [6.45, 7) is 13.8. The maximum atomic E-state index is 13.0. The smallest absolute Gasteiger partial charge is 1.00 e. The number of nitrogens with one attached hydrogen (secondary N) is 2. The van der Waals surface area contributed by atoms with Crippen molar-refractivity contribution in [1.29, 1.82) is 0 Å². The van der Waals surface area contributed by atoms with Crippen molar-refractivity contribution < 1.29 is 178 Å². The third kappa shape index (κ3) is 19.1. The number of ether oxygens (including phenoxy) is 4. The first-order valence-corrected chi connectivity index (χ1v) is 34.4. The van der Waals surface area contributed by atoms with Gasteiger partial charge in [0.2, 0.25) is 29.2 Å². The quantitative estimate of drug-likeness (QED) is 0.0214. The Morgan fingerprint density at radius 1 is 0.468 bits per heavy atom. The number of aromatic nitrogens is 14. The Bertz CT molecular complexity index is 5160. The second-order valence-corrected chi connectivity index (χ2v) is 25.5. The number of nitrogens with zero attached hydrogens (tertiary/aromatic N) is 18. The Kier molecular flexibility index (Phi) is 31.5. The van der Waals surface area contributed by atoms with Gasteiger partial charge in [-0.15, -0.1) is 0 Å². The zero-order chi connectivity index (χ0) is 76.7. The molecule has 13 heterocycles. The Balaban J connectivity index is 0.000000207. The molecule has 6 amide bonds. The number of carbonyl (C=O) groups excluding carboxylic acids is 10. The average molecular weight is 1720 g/mol. The van der Waals surface area contributed by atoms with Crippen molar-refractivity contribution in [2.24, 2.45) is 0 Å². The van der Waals surface area contributed by atoms with E-state index in [4.69, 9.17) is 24.1 Å². The van der Waals surface area contributed by atoms with Crippen LogP contribution in [0.4, 0.5) is 0 Å². The fourth-order valence-electron chi connectivity index (χ4n) is 12.1. The number of H-pyrrole nitrogens is 2. The number of halogens is 3. The predicted octanol–water partition coefficient (Wildman–Crippen LogP) is -6.97. The summed E-state index contributed by atoms with van der Waals surface area (Å²) >= 11 is 6.60. The van der Waals surface area contributed by atoms with Crippen molar-refractivity contribution >= 4 is 134 Å². The van der Waals surface area contributed by atoms with Crippen molar-refractivity contribution in [2.75, 3.05) is 107 Å². The van der Waals surface area contributed by atoms with E-state index in [9.17, 15) is 47.9 Å². The minimum absolute atomic E-state index is 0. The van der Waals surface area contributed by atoms with Gasteiger partial charge < -0.3 is 90.4 Å². The molecule has 41 heteroatoms. The topological polar surface area (TPSA) is 420 Å². The van der Waals surface area contributed by atoms with Crippen LogP contribution in [0.3, 0.4) is 0 Å². The third-order valence-corrected chi connectivity index (χ3v) is 18.9. The van der Waals surface area contributed by atoms with Gasteiger partial charge in [0.25, 0.3) is 29.4 Å². The van der Waals surface area contributed by atoms with E-state index in [2.05, 4.69) is 98.5 Å². The molecule has 3 fully saturated rings. The number of carbonyl (C=O) groups is 10. The third-order valence-electron chi connectivity index (χ3n) is 17.7. The fraction of sp³-hybridized carbons (Fsp3) is 0.286. The minimum atomic E-state index is -0.681. The standard InChI is InChI=1S/C21H19BrN4O4.2C19H21N7O4.C11H9BrN2O3.BrH.K.2Li/c1-30-15-12-24-19(22)17-16(15)14(11-23-17)18(27)21(29)26-9-7-25(8-10-26)20(28)13-5-3-2-4-6-13;2*1-11-22-10-26(23-11)18-16-15(14(30-3)9-21-18)13(8-20-16)17(28)19(29)25-6-4-24(5-7-25)12(2)27;1-5(15)10(16)6-3-13-9-8(6)7(17-2)4-14-11(9)12;;;;/h2-6,11-12,23H,7-10H2,1H3;2*8-10H,4-7H2,1-3H3,(H,20,21,28);3-4,13,15H,1H2,2H3;1H;;;/q;;;;;3*+1/p-3. The van der Waals surface area contributed by atoms with E-state index < -0.39 is 46.6 Å². The Morgan fingerprint density at radius 3 is 1.13 bits per heavy atom. The van der Waals surface area contributed by atoms with Gasteiger partial charge in [0.1, 0.15) is 68.1 Å². The summed E-state index contributed by atoms with van der Waals surface area (Å²) in [4.78, 5) is 174. The first-order valence-electron chi connectivity index (χ1n) is 32.8. The summed E-state index contributed by atoms with van der Waals surface area (Å²) < 4.78 is 25.2. The van der Waals surface area contributed by atoms with Gasteiger partial charge in [-0.25, -0.2) is 39.3 Å². The van der Waals surface area contributed by atoms with E-state index in [-0.39, 0.29) is 140 Å². The number of rotatable bonds is 15. The summed E-state index contributed by atoms with van der Waals surface area (Å²) in [5.41, 5.74) is 3.41. The molecule has 35 nitrogen and oxygen atoms in total. The van der Waals surface area contributed by atoms with E-state index in [0.717, 1.165) is 0 Å². The number of piperazine rings is 3. The van der Waals surface area contributed by atoms with E-state index >= 15 is 0 Å². The molecule has 0 atom stereocenters. The molecule has 0 saturated carbocycles. The number of hydrogen-bond donors (Lipinski definition) is 3. The molecular weight excluding hydrogens is 1650 g/mol. The molecule has 11 aromatic rings. The van der Waals surface area contributed by atoms with E-state index in [1.807, 2.05) is 18.2 Å². The number of aliphatic hydroxyl groups excluding tert-OH is 1. The van der Waals surface area contributed by atoms with Gasteiger partial charge in [-0.3, -0.25) is 47.9 Å². The summed E-state index contributed by atoms with van der Waals surface area (Å²) in [5.74, 6) is -1.68. The molecule has 0 bridgehead atoms. The SMILES string of the molecule is C=C(O)C(=O)c1c[nH]c2c(Br)ncc(OC)c12.COc1cnc(-n2cnc(C)n2)c2[n-]cc(C(=O)C(=O)N3CCN(C(C)=O)CC3)c12.COc1cnc(-n2cnc(C)n2)c2[n-]cc(C(=O)C(=O)N3CCN(C(C)=O)CC3)c12.COc1cnc(Br)c2[nH]cc(C(=O)C(=O)N3CCN(C(=O)c4ccccc4)CC3)c12.[Br-].[K+].[Li+].[Li+]. The first kappa shape index (κ1) is 89.0. The minimum Gasteiger partial charge on any atom is -1.00 e. The molecule has 3 aliphatic heterocycles. The average Bonchev–Trinajstić information content (AvgIpc) is 1.64. The van der Waals surface area contributed by atoms with Crippen LogP contribution in [0.15, 0.2) is 114 Å². The number of pyridine rings is 4. The Morgan fingerprint density at radius 2 is 0.793 bits per heavy atom. The van der Waals surface area contributed by atoms with Crippen molar-refractivity contribution in [3.63, 3.8) is 0 Å². The number of methoxy groups -OCH3 is 4. The first-order chi connectivity index (χ1) is 51.4. The van der Waals surface area contributed by atoms with Crippen LogP contribution in [0.5, 0.6) is 23.0 Å². The van der Waals surface area contributed by atoms with Crippen LogP contribution in [0.2, 0.25) is 0 Å². The van der Waals surface area contributed by atoms with Gasteiger partial charge in [0, 0.05) is 132 Å². The number of ketones is 4. The van der Waals surface area contributed by atoms with E-state index in [0.29, 0.717) is 189 Å². The molecule has 14 rings (SSSR count). The molecule has 0 aliphatic carbocycles. The normalized spacial score (nSPS) is 13.1. The largest absolute Gasteiger partial charge is 1.00 e. The van der Waals surface area contributed by atoms with E-state index in [1.54, 1.807) is 40.7 Å². The van der Waals surface area contributed by atoms with Gasteiger partial charge in [-0.1, -0.05) is 35.8 Å². The molecule has 562 valence electrons. The van der Waals surface area contributed by atoms with Crippen LogP contribution in [0.25, 0.3) is 55.2 Å². The molecule has 3 aliphatic rings. The van der Waals surface area contributed by atoms with Crippen LogP contribution in [0, 0.1) is 13.8 Å². The zero-order valence-electron chi connectivity index (χ0n) is 62.2. The number of aliphatic hydroxyl groups is 1. The van der Waals surface area contributed by atoms with Crippen molar-refractivity contribution in [3.8, 4) is 34.6 Å². The molecule has 3 saturated heterocycles. The summed E-state index contributed by atoms with van der Waals surface area (Å²) in [7, 11) is 5.88. The van der Waals surface area contributed by atoms with Gasteiger partial charge in [-0.2, -0.15) is 22.6 Å². The van der Waals surface area contributed by atoms with Gasteiger partial charge in [0.15, 0.2) is 5.76 Å². The molecule has 0 unspecified atom stereocenters. The fourth-order valence-corrected chi connectivity index (χ4v) is 12.9. The van der Waals surface area contributed by atoms with Crippen LogP contribution < -0.4 is 135 Å². The monoisotopic (exact) mass is 1720 g/mol. The van der Waals surface area contributed by atoms with Crippen molar-refractivity contribution in [3.05, 3.63) is 154 Å². The molecule has 0 radical (unpaired) electrons. The molecule has 111 heavy (non-hydrogen) atoms. The second-order valence-electron chi connectivity index (χ2n) is 24.0. The van der Waals surface area contributed by atoms with Crippen molar-refractivity contribution in [1.82, 2.24) is 98.8 Å². The van der Waals surface area contributed by atoms with Crippen LogP contribution in [-0.2, 0) is 24.0 Å². The molecule has 0 spiro atoms. The maximum absolute atomic E-state index is 13.0. The van der Waals surface area contributed by atoms with Crippen LogP contribution in [-0.4, -0.2) is 259 Å². The molecule has 10 aromatic heterocycles. The summed E-state index contributed by atoms with van der Waals surface area (Å²) in [5, 5.41) is 19.5. The zero-order valence-corrected chi connectivity index (χ0v) is 70.1. The Hall–Kier alpha value is -9.23. The molecule has 1 aromatic carbocycles. The second kappa shape index (κ2) is 39.3. The molecular formula is C70H68Br3KLi2N20O15. The van der Waals surface area contributed by atoms with Crippen LogP contribution in [0.1, 0.15) is 77.3 Å². The predicted molar refractivity (Wildman–Crippen MR) is 389 cm³/mol. The number of benzene rings is 1. The number of hydrogen-bond acceptors (Lipinski definition) is 23. The molecule has 3 N–H and O–H groups in total. The number of amides is 6.